The Kier molecular flexibility index (Phi) is 4.15. The Morgan fingerprint density at radius 3 is 2.57 bits per heavy atom. The van der Waals surface area contributed by atoms with E-state index in [4.69, 9.17) is 4.74 Å². The largest absolute Gasteiger partial charge is 0.496 e. The Balaban J connectivity index is 1.63. The van der Waals surface area contributed by atoms with Crippen LogP contribution in [0.2, 0.25) is 0 Å². The molecule has 1 saturated heterocycles. The minimum Gasteiger partial charge on any atom is -0.496 e. The highest BCUT2D eigenvalue weighted by atomic mass is 16.5. The molecule has 1 heterocycles. The number of piperazine rings is 1. The van der Waals surface area contributed by atoms with Gasteiger partial charge in [0.05, 0.1) is 12.7 Å². The minimum absolute atomic E-state index is 0.0953. The molecule has 3 rings (SSSR count). The van der Waals surface area contributed by atoms with Gasteiger partial charge in [-0.3, -0.25) is 9.69 Å². The summed E-state index contributed by atoms with van der Waals surface area (Å²) in [6.45, 7) is 6.86. The van der Waals surface area contributed by atoms with Crippen molar-refractivity contribution in [1.82, 2.24) is 9.80 Å². The van der Waals surface area contributed by atoms with Gasteiger partial charge in [0.25, 0.3) is 5.91 Å². The van der Waals surface area contributed by atoms with E-state index in [1.165, 1.54) is 19.4 Å². The number of hydrogen-bond donors (Lipinski definition) is 0. The average molecular weight is 288 g/mol. The molecule has 1 aromatic carbocycles. The predicted molar refractivity (Wildman–Crippen MR) is 82.8 cm³/mol. The summed E-state index contributed by atoms with van der Waals surface area (Å²) in [5, 5.41) is 0. The number of carbonyl (C=O) groups excluding carboxylic acids is 1. The van der Waals surface area contributed by atoms with Crippen LogP contribution in [-0.4, -0.2) is 55.5 Å². The number of methoxy groups -OCH3 is 1. The van der Waals surface area contributed by atoms with Crippen LogP contribution in [0.5, 0.6) is 5.75 Å². The smallest absolute Gasteiger partial charge is 0.257 e. The molecule has 0 bridgehead atoms. The lowest BCUT2D eigenvalue weighted by molar-refractivity contribution is 0.0629. The molecule has 1 aromatic rings. The zero-order valence-corrected chi connectivity index (χ0v) is 13.0. The Morgan fingerprint density at radius 1 is 1.24 bits per heavy atom. The van der Waals surface area contributed by atoms with E-state index in [9.17, 15) is 4.79 Å². The summed E-state index contributed by atoms with van der Waals surface area (Å²) in [7, 11) is 1.62. The van der Waals surface area contributed by atoms with E-state index in [0.29, 0.717) is 11.3 Å². The maximum atomic E-state index is 12.7. The summed E-state index contributed by atoms with van der Waals surface area (Å²) in [4.78, 5) is 17.1. The van der Waals surface area contributed by atoms with E-state index < -0.39 is 0 Å². The number of benzene rings is 1. The van der Waals surface area contributed by atoms with Crippen LogP contribution in [0.25, 0.3) is 0 Å². The maximum absolute atomic E-state index is 12.7. The monoisotopic (exact) mass is 288 g/mol. The highest BCUT2D eigenvalue weighted by Crippen LogP contribution is 2.30. The fraction of sp³-hybridized carbons (Fsp3) is 0.588. The number of carbonyl (C=O) groups is 1. The van der Waals surface area contributed by atoms with E-state index >= 15 is 0 Å². The summed E-state index contributed by atoms with van der Waals surface area (Å²) >= 11 is 0. The second-order valence-electron chi connectivity index (χ2n) is 6.24. The fourth-order valence-electron chi connectivity index (χ4n) is 2.94. The van der Waals surface area contributed by atoms with Gasteiger partial charge in [0.2, 0.25) is 0 Å². The summed E-state index contributed by atoms with van der Waals surface area (Å²) in [5.74, 6) is 1.70. The number of nitrogens with zero attached hydrogens (tertiary/aromatic N) is 2. The van der Waals surface area contributed by atoms with Crippen LogP contribution in [0.4, 0.5) is 0 Å². The Labute approximate surface area is 126 Å². The number of amides is 1. The molecule has 4 heteroatoms. The molecule has 0 radical (unpaired) electrons. The Hall–Kier alpha value is -1.55. The zero-order chi connectivity index (χ0) is 14.8. The van der Waals surface area contributed by atoms with Crippen LogP contribution in [-0.2, 0) is 0 Å². The van der Waals surface area contributed by atoms with Gasteiger partial charge in [0.1, 0.15) is 5.75 Å². The van der Waals surface area contributed by atoms with Gasteiger partial charge in [-0.1, -0.05) is 6.07 Å². The Morgan fingerprint density at radius 2 is 1.95 bits per heavy atom. The van der Waals surface area contributed by atoms with E-state index in [1.807, 2.05) is 30.0 Å². The molecule has 1 amide bonds. The van der Waals surface area contributed by atoms with Crippen molar-refractivity contribution in [3.63, 3.8) is 0 Å². The molecule has 1 aliphatic heterocycles. The summed E-state index contributed by atoms with van der Waals surface area (Å²) in [6, 6.07) is 5.78. The average Bonchev–Trinajstić information content (AvgIpc) is 3.31. The molecule has 0 spiro atoms. The van der Waals surface area contributed by atoms with E-state index in [0.717, 1.165) is 37.7 Å². The van der Waals surface area contributed by atoms with Gasteiger partial charge in [0, 0.05) is 32.7 Å². The number of ether oxygens (including phenoxy) is 1. The van der Waals surface area contributed by atoms with E-state index in [2.05, 4.69) is 4.90 Å². The molecule has 4 nitrogen and oxygen atoms in total. The van der Waals surface area contributed by atoms with Crippen molar-refractivity contribution in [3.8, 4) is 5.75 Å². The molecule has 2 aliphatic rings. The van der Waals surface area contributed by atoms with Gasteiger partial charge < -0.3 is 9.64 Å². The highest BCUT2D eigenvalue weighted by molar-refractivity contribution is 5.97. The quantitative estimate of drug-likeness (QED) is 0.851. The van der Waals surface area contributed by atoms with Crippen LogP contribution < -0.4 is 4.74 Å². The lowest BCUT2D eigenvalue weighted by atomic mass is 10.1. The Bertz CT molecular complexity index is 518. The third-order valence-corrected chi connectivity index (χ3v) is 4.46. The molecule has 1 saturated carbocycles. The van der Waals surface area contributed by atoms with Crippen LogP contribution in [0.3, 0.4) is 0 Å². The van der Waals surface area contributed by atoms with Gasteiger partial charge in [0.15, 0.2) is 0 Å². The van der Waals surface area contributed by atoms with Crippen molar-refractivity contribution in [3.05, 3.63) is 29.3 Å². The molecule has 0 atom stereocenters. The van der Waals surface area contributed by atoms with E-state index in [-0.39, 0.29) is 5.91 Å². The standard InChI is InChI=1S/C17H24N2O2/c1-13-3-6-15(16(11-13)21-2)17(20)19-9-7-18(8-10-19)12-14-4-5-14/h3,6,11,14H,4-5,7-10,12H2,1-2H3. The van der Waals surface area contributed by atoms with Gasteiger partial charge >= 0.3 is 0 Å². The summed E-state index contributed by atoms with van der Waals surface area (Å²) in [6.07, 6.45) is 2.78. The topological polar surface area (TPSA) is 32.8 Å². The maximum Gasteiger partial charge on any atom is 0.257 e. The van der Waals surface area contributed by atoms with Crippen LogP contribution in [0.15, 0.2) is 18.2 Å². The van der Waals surface area contributed by atoms with Crippen molar-refractivity contribution < 1.29 is 9.53 Å². The zero-order valence-electron chi connectivity index (χ0n) is 13.0. The van der Waals surface area contributed by atoms with Gasteiger partial charge in [-0.2, -0.15) is 0 Å². The molecular formula is C17H24N2O2. The van der Waals surface area contributed by atoms with Gasteiger partial charge in [-0.15, -0.1) is 0 Å². The lowest BCUT2D eigenvalue weighted by Gasteiger charge is -2.35. The van der Waals surface area contributed by atoms with Crippen LogP contribution >= 0.6 is 0 Å². The van der Waals surface area contributed by atoms with Gasteiger partial charge in [-0.25, -0.2) is 0 Å². The molecule has 21 heavy (non-hydrogen) atoms. The molecule has 1 aliphatic carbocycles. The minimum atomic E-state index is 0.0953. The highest BCUT2D eigenvalue weighted by Gasteiger charge is 2.28. The SMILES string of the molecule is COc1cc(C)ccc1C(=O)N1CCN(CC2CC2)CC1. The molecule has 2 fully saturated rings. The summed E-state index contributed by atoms with van der Waals surface area (Å²) < 4.78 is 5.36. The van der Waals surface area contributed by atoms with Gasteiger partial charge in [-0.05, 0) is 43.4 Å². The molecule has 114 valence electrons. The number of rotatable bonds is 4. The first-order valence-electron chi connectivity index (χ1n) is 7.83. The second-order valence-corrected chi connectivity index (χ2v) is 6.24. The first-order valence-corrected chi connectivity index (χ1v) is 7.83. The third kappa shape index (κ3) is 3.38. The fourth-order valence-corrected chi connectivity index (χ4v) is 2.94. The first kappa shape index (κ1) is 14.4. The van der Waals surface area contributed by atoms with E-state index in [1.54, 1.807) is 7.11 Å². The van der Waals surface area contributed by atoms with Crippen LogP contribution in [0.1, 0.15) is 28.8 Å². The summed E-state index contributed by atoms with van der Waals surface area (Å²) in [5.41, 5.74) is 1.79. The molecule has 0 N–H and O–H groups in total. The van der Waals surface area contributed by atoms with Crippen molar-refractivity contribution in [1.29, 1.82) is 0 Å². The normalized spacial score (nSPS) is 19.6. The van der Waals surface area contributed by atoms with Crippen molar-refractivity contribution in [2.75, 3.05) is 39.8 Å². The van der Waals surface area contributed by atoms with Crippen LogP contribution in [0, 0.1) is 12.8 Å². The number of aryl methyl sites for hydroxylation is 1. The van der Waals surface area contributed by atoms with Crippen molar-refractivity contribution in [2.24, 2.45) is 5.92 Å². The number of hydrogen-bond acceptors (Lipinski definition) is 3. The lowest BCUT2D eigenvalue weighted by Crippen LogP contribution is -2.49. The second kappa shape index (κ2) is 6.06. The molecule has 0 aromatic heterocycles. The van der Waals surface area contributed by atoms with Crippen molar-refractivity contribution >= 4 is 5.91 Å². The third-order valence-electron chi connectivity index (χ3n) is 4.46. The molecular weight excluding hydrogens is 264 g/mol. The molecule has 0 unspecified atom stereocenters. The first-order chi connectivity index (χ1) is 10.2. The predicted octanol–water partition coefficient (Wildman–Crippen LogP) is 2.17. The van der Waals surface area contributed by atoms with Crippen molar-refractivity contribution in [2.45, 2.75) is 19.8 Å².